The summed E-state index contributed by atoms with van der Waals surface area (Å²) in [7, 11) is 0. The highest BCUT2D eigenvalue weighted by Gasteiger charge is 2.19. The SMILES string of the molecule is Cc1nc(-c2[nH]c3ccccc3c2C=O)nc(NCCN2CCCC2)c1F. The number of aromatic amines is 1. The number of nitrogens with one attached hydrogen (secondary N) is 2. The second-order valence-electron chi connectivity index (χ2n) is 6.85. The first-order chi connectivity index (χ1) is 13.2. The summed E-state index contributed by atoms with van der Waals surface area (Å²) < 4.78 is 14.5. The second-order valence-corrected chi connectivity index (χ2v) is 6.85. The summed E-state index contributed by atoms with van der Waals surface area (Å²) in [6.45, 7) is 5.26. The van der Waals surface area contributed by atoms with E-state index < -0.39 is 5.82 Å². The number of nitrogens with zero attached hydrogens (tertiary/aromatic N) is 3. The van der Waals surface area contributed by atoms with Crippen molar-refractivity contribution in [2.24, 2.45) is 0 Å². The Kier molecular flexibility index (Phi) is 4.85. The van der Waals surface area contributed by atoms with Gasteiger partial charge in [-0.2, -0.15) is 0 Å². The van der Waals surface area contributed by atoms with Crippen LogP contribution in [-0.2, 0) is 0 Å². The lowest BCUT2D eigenvalue weighted by Gasteiger charge is -2.16. The maximum atomic E-state index is 14.5. The van der Waals surface area contributed by atoms with E-state index in [2.05, 4.69) is 25.2 Å². The summed E-state index contributed by atoms with van der Waals surface area (Å²) in [4.78, 5) is 25.8. The standard InChI is InChI=1S/C20H22FN5O/c1-13-17(21)19(22-8-11-26-9-4-5-10-26)25-20(23-13)18-15(12-27)14-6-2-3-7-16(14)24-18/h2-3,6-7,12,24H,4-5,8-11H2,1H3,(H,22,23,25). The van der Waals surface area contributed by atoms with Gasteiger partial charge in [-0.25, -0.2) is 14.4 Å². The van der Waals surface area contributed by atoms with Crippen LogP contribution in [0.4, 0.5) is 10.2 Å². The van der Waals surface area contributed by atoms with E-state index >= 15 is 0 Å². The van der Waals surface area contributed by atoms with Crippen molar-refractivity contribution in [3.05, 3.63) is 41.3 Å². The number of likely N-dealkylation sites (tertiary alicyclic amines) is 1. The predicted molar refractivity (Wildman–Crippen MR) is 104 cm³/mol. The molecule has 0 bridgehead atoms. The summed E-state index contributed by atoms with van der Waals surface area (Å²) >= 11 is 0. The molecular weight excluding hydrogens is 345 g/mol. The fourth-order valence-corrected chi connectivity index (χ4v) is 3.59. The number of aromatic nitrogens is 3. The molecular formula is C20H22FN5O. The van der Waals surface area contributed by atoms with Crippen molar-refractivity contribution < 1.29 is 9.18 Å². The second kappa shape index (κ2) is 7.44. The first-order valence-electron chi connectivity index (χ1n) is 9.24. The average Bonchev–Trinajstić information content (AvgIpc) is 3.32. The number of hydrogen-bond acceptors (Lipinski definition) is 5. The number of aldehydes is 1. The molecule has 0 aliphatic carbocycles. The summed E-state index contributed by atoms with van der Waals surface area (Å²) in [5, 5.41) is 3.89. The molecule has 0 saturated carbocycles. The maximum Gasteiger partial charge on any atom is 0.186 e. The first kappa shape index (κ1) is 17.6. The fourth-order valence-electron chi connectivity index (χ4n) is 3.59. The van der Waals surface area contributed by atoms with Crippen LogP contribution in [0.3, 0.4) is 0 Å². The molecule has 6 nitrogen and oxygen atoms in total. The molecule has 1 aliphatic rings. The molecule has 2 aromatic heterocycles. The van der Waals surface area contributed by atoms with Gasteiger partial charge in [0.15, 0.2) is 23.7 Å². The third-order valence-electron chi connectivity index (χ3n) is 5.02. The normalized spacial score (nSPS) is 14.7. The third kappa shape index (κ3) is 3.42. The lowest BCUT2D eigenvalue weighted by atomic mass is 10.1. The molecule has 27 heavy (non-hydrogen) atoms. The number of anilines is 1. The van der Waals surface area contributed by atoms with Crippen molar-refractivity contribution in [1.29, 1.82) is 0 Å². The molecule has 0 atom stereocenters. The van der Waals surface area contributed by atoms with Gasteiger partial charge in [0, 0.05) is 24.0 Å². The van der Waals surface area contributed by atoms with Gasteiger partial charge in [-0.15, -0.1) is 0 Å². The monoisotopic (exact) mass is 367 g/mol. The number of H-pyrrole nitrogens is 1. The lowest BCUT2D eigenvalue weighted by molar-refractivity contribution is 0.112. The number of carbonyl (C=O) groups excluding carboxylic acids is 1. The number of carbonyl (C=O) groups is 1. The Labute approximate surface area is 156 Å². The molecule has 0 radical (unpaired) electrons. The zero-order valence-electron chi connectivity index (χ0n) is 15.3. The molecule has 1 fully saturated rings. The van der Waals surface area contributed by atoms with E-state index in [9.17, 15) is 9.18 Å². The van der Waals surface area contributed by atoms with Crippen LogP contribution in [0.1, 0.15) is 28.9 Å². The van der Waals surface area contributed by atoms with Gasteiger partial charge < -0.3 is 15.2 Å². The highest BCUT2D eigenvalue weighted by atomic mass is 19.1. The molecule has 0 unspecified atom stereocenters. The third-order valence-corrected chi connectivity index (χ3v) is 5.02. The Morgan fingerprint density at radius 1 is 1.26 bits per heavy atom. The maximum absolute atomic E-state index is 14.5. The molecule has 1 aromatic carbocycles. The highest BCUT2D eigenvalue weighted by molar-refractivity contribution is 6.03. The van der Waals surface area contributed by atoms with E-state index in [4.69, 9.17) is 0 Å². The lowest BCUT2D eigenvalue weighted by Crippen LogP contribution is -2.26. The van der Waals surface area contributed by atoms with Crippen molar-refractivity contribution in [2.45, 2.75) is 19.8 Å². The van der Waals surface area contributed by atoms with Gasteiger partial charge in [0.2, 0.25) is 0 Å². The summed E-state index contributed by atoms with van der Waals surface area (Å²) in [5.41, 5.74) is 2.07. The molecule has 3 heterocycles. The van der Waals surface area contributed by atoms with Crippen LogP contribution in [0.25, 0.3) is 22.4 Å². The Morgan fingerprint density at radius 3 is 2.81 bits per heavy atom. The first-order valence-corrected chi connectivity index (χ1v) is 9.24. The zero-order valence-corrected chi connectivity index (χ0v) is 15.3. The van der Waals surface area contributed by atoms with Gasteiger partial charge in [-0.3, -0.25) is 4.79 Å². The molecule has 140 valence electrons. The Balaban J connectivity index is 1.65. The van der Waals surface area contributed by atoms with Crippen LogP contribution >= 0.6 is 0 Å². The van der Waals surface area contributed by atoms with Gasteiger partial charge in [-0.05, 0) is 38.9 Å². The smallest absolute Gasteiger partial charge is 0.186 e. The van der Waals surface area contributed by atoms with Crippen LogP contribution in [0.5, 0.6) is 0 Å². The number of para-hydroxylation sites is 1. The number of hydrogen-bond donors (Lipinski definition) is 2. The van der Waals surface area contributed by atoms with Gasteiger partial charge in [0.25, 0.3) is 0 Å². The van der Waals surface area contributed by atoms with Crippen molar-refractivity contribution in [3.63, 3.8) is 0 Å². The quantitative estimate of drug-likeness (QED) is 0.653. The van der Waals surface area contributed by atoms with Crippen LogP contribution < -0.4 is 5.32 Å². The van der Waals surface area contributed by atoms with Crippen molar-refractivity contribution >= 4 is 23.0 Å². The molecule has 1 saturated heterocycles. The van der Waals surface area contributed by atoms with E-state index in [-0.39, 0.29) is 11.5 Å². The van der Waals surface area contributed by atoms with Gasteiger partial charge in [-0.1, -0.05) is 18.2 Å². The number of halogens is 1. The van der Waals surface area contributed by atoms with E-state index in [0.29, 0.717) is 23.6 Å². The highest BCUT2D eigenvalue weighted by Crippen LogP contribution is 2.28. The number of aryl methyl sites for hydroxylation is 1. The minimum absolute atomic E-state index is 0.173. The Hall–Kier alpha value is -2.80. The number of fused-ring (bicyclic) bond motifs is 1. The fraction of sp³-hybridized carbons (Fsp3) is 0.350. The molecule has 0 spiro atoms. The molecule has 3 aromatic rings. The Bertz CT molecular complexity index is 978. The van der Waals surface area contributed by atoms with E-state index in [1.165, 1.54) is 12.8 Å². The minimum Gasteiger partial charge on any atom is -0.366 e. The summed E-state index contributed by atoms with van der Waals surface area (Å²) in [6.07, 6.45) is 3.23. The van der Waals surface area contributed by atoms with Crippen LogP contribution in [0.15, 0.2) is 24.3 Å². The summed E-state index contributed by atoms with van der Waals surface area (Å²) in [6, 6.07) is 7.51. The zero-order chi connectivity index (χ0) is 18.8. The van der Waals surface area contributed by atoms with E-state index in [1.807, 2.05) is 24.3 Å². The van der Waals surface area contributed by atoms with Crippen LogP contribution in [0.2, 0.25) is 0 Å². The van der Waals surface area contributed by atoms with Gasteiger partial charge in [0.1, 0.15) is 0 Å². The topological polar surface area (TPSA) is 73.9 Å². The molecule has 1 aliphatic heterocycles. The van der Waals surface area contributed by atoms with Crippen molar-refractivity contribution in [1.82, 2.24) is 19.9 Å². The molecule has 2 N–H and O–H groups in total. The average molecular weight is 367 g/mol. The van der Waals surface area contributed by atoms with Gasteiger partial charge >= 0.3 is 0 Å². The molecule has 7 heteroatoms. The molecule has 4 rings (SSSR count). The largest absolute Gasteiger partial charge is 0.366 e. The van der Waals surface area contributed by atoms with Crippen LogP contribution in [-0.4, -0.2) is 52.3 Å². The van der Waals surface area contributed by atoms with Crippen LogP contribution in [0, 0.1) is 12.7 Å². The van der Waals surface area contributed by atoms with Gasteiger partial charge in [0.05, 0.1) is 17.0 Å². The summed E-state index contributed by atoms with van der Waals surface area (Å²) in [5.74, 6) is 0.0343. The van der Waals surface area contributed by atoms with E-state index in [0.717, 1.165) is 36.8 Å². The Morgan fingerprint density at radius 2 is 2.04 bits per heavy atom. The number of rotatable bonds is 6. The van der Waals surface area contributed by atoms with Crippen molar-refractivity contribution in [3.8, 4) is 11.5 Å². The minimum atomic E-state index is -0.455. The van der Waals surface area contributed by atoms with Crippen molar-refractivity contribution in [2.75, 3.05) is 31.5 Å². The number of benzene rings is 1. The predicted octanol–water partition coefficient (Wildman–Crippen LogP) is 3.39. The van der Waals surface area contributed by atoms with E-state index in [1.54, 1.807) is 6.92 Å². The molecule has 0 amide bonds.